The first-order valence-electron chi connectivity index (χ1n) is 7.10. The summed E-state index contributed by atoms with van der Waals surface area (Å²) in [6.45, 7) is 8.35. The van der Waals surface area contributed by atoms with Crippen molar-refractivity contribution >= 4 is 11.7 Å². The first-order valence-corrected chi connectivity index (χ1v) is 7.10. The van der Waals surface area contributed by atoms with E-state index in [9.17, 15) is 14.9 Å². The van der Waals surface area contributed by atoms with Gasteiger partial charge in [0.15, 0.2) is 0 Å². The van der Waals surface area contributed by atoms with Crippen LogP contribution in [0.1, 0.15) is 31.3 Å². The SMILES string of the molecule is CCOC(=O)c1c([N+](=O)[O-])cnn1CC#CCN(CC)CC. The molecule has 1 rings (SSSR count). The summed E-state index contributed by atoms with van der Waals surface area (Å²) in [5.74, 6) is 5.07. The van der Waals surface area contributed by atoms with E-state index in [2.05, 4.69) is 21.8 Å². The number of carbonyl (C=O) groups excluding carboxylic acids is 1. The van der Waals surface area contributed by atoms with E-state index < -0.39 is 10.9 Å². The summed E-state index contributed by atoms with van der Waals surface area (Å²) in [5.41, 5.74) is -0.548. The van der Waals surface area contributed by atoms with E-state index in [0.717, 1.165) is 19.3 Å². The molecule has 0 fully saturated rings. The lowest BCUT2D eigenvalue weighted by atomic mass is 10.3. The smallest absolute Gasteiger partial charge is 0.363 e. The third-order valence-electron chi connectivity index (χ3n) is 3.04. The molecule has 0 spiro atoms. The quantitative estimate of drug-likeness (QED) is 0.326. The average Bonchev–Trinajstić information content (AvgIpc) is 2.92. The third-order valence-corrected chi connectivity index (χ3v) is 3.04. The van der Waals surface area contributed by atoms with E-state index in [1.165, 1.54) is 4.68 Å². The van der Waals surface area contributed by atoms with Gasteiger partial charge in [0.05, 0.1) is 18.1 Å². The van der Waals surface area contributed by atoms with Crippen molar-refractivity contribution in [1.82, 2.24) is 14.7 Å². The zero-order valence-corrected chi connectivity index (χ0v) is 13.0. The van der Waals surface area contributed by atoms with E-state index >= 15 is 0 Å². The molecule has 0 saturated heterocycles. The highest BCUT2D eigenvalue weighted by Crippen LogP contribution is 2.18. The van der Waals surface area contributed by atoms with E-state index in [0.29, 0.717) is 6.54 Å². The Morgan fingerprint density at radius 1 is 1.41 bits per heavy atom. The van der Waals surface area contributed by atoms with Crippen LogP contribution in [0.25, 0.3) is 0 Å². The lowest BCUT2D eigenvalue weighted by Crippen LogP contribution is -2.23. The maximum Gasteiger partial charge on any atom is 0.363 e. The van der Waals surface area contributed by atoms with Crippen molar-refractivity contribution in [3.05, 3.63) is 22.0 Å². The minimum absolute atomic E-state index is 0.100. The minimum atomic E-state index is -0.766. The van der Waals surface area contributed by atoms with Gasteiger partial charge < -0.3 is 4.74 Å². The van der Waals surface area contributed by atoms with Crippen LogP contribution in [0, 0.1) is 22.0 Å². The molecule has 0 amide bonds. The number of hydrogen-bond acceptors (Lipinski definition) is 6. The van der Waals surface area contributed by atoms with Crippen LogP contribution in [0.3, 0.4) is 0 Å². The van der Waals surface area contributed by atoms with Crippen molar-refractivity contribution in [2.24, 2.45) is 0 Å². The fourth-order valence-corrected chi connectivity index (χ4v) is 1.78. The molecule has 0 aliphatic rings. The first-order chi connectivity index (χ1) is 10.5. The van der Waals surface area contributed by atoms with Crippen LogP contribution in [-0.4, -0.2) is 51.8 Å². The maximum atomic E-state index is 11.8. The molecule has 0 N–H and O–H groups in total. The minimum Gasteiger partial charge on any atom is -0.461 e. The molecule has 0 aromatic carbocycles. The summed E-state index contributed by atoms with van der Waals surface area (Å²) in [7, 11) is 0. The van der Waals surface area contributed by atoms with Crippen molar-refractivity contribution < 1.29 is 14.5 Å². The van der Waals surface area contributed by atoms with Crippen molar-refractivity contribution in [3.63, 3.8) is 0 Å². The normalized spacial score (nSPS) is 10.2. The van der Waals surface area contributed by atoms with Crippen LogP contribution in [0.5, 0.6) is 0 Å². The van der Waals surface area contributed by atoms with E-state index in [4.69, 9.17) is 4.74 Å². The number of nitrogens with zero attached hydrogens (tertiary/aromatic N) is 4. The molecule has 0 atom stereocenters. The number of esters is 1. The van der Waals surface area contributed by atoms with Crippen LogP contribution >= 0.6 is 0 Å². The highest BCUT2D eigenvalue weighted by molar-refractivity contribution is 5.91. The van der Waals surface area contributed by atoms with Gasteiger partial charge in [-0.2, -0.15) is 5.10 Å². The molecule has 0 aliphatic carbocycles. The molecule has 22 heavy (non-hydrogen) atoms. The van der Waals surface area contributed by atoms with Crippen molar-refractivity contribution in [1.29, 1.82) is 0 Å². The van der Waals surface area contributed by atoms with Gasteiger partial charge in [-0.15, -0.1) is 0 Å². The van der Waals surface area contributed by atoms with Crippen LogP contribution < -0.4 is 0 Å². The molecule has 120 valence electrons. The van der Waals surface area contributed by atoms with Gasteiger partial charge >= 0.3 is 11.7 Å². The van der Waals surface area contributed by atoms with Crippen LogP contribution in [0.2, 0.25) is 0 Å². The predicted molar refractivity (Wildman–Crippen MR) is 80.4 cm³/mol. The fourth-order valence-electron chi connectivity index (χ4n) is 1.78. The number of nitro groups is 1. The largest absolute Gasteiger partial charge is 0.461 e. The fraction of sp³-hybridized carbons (Fsp3) is 0.571. The number of hydrogen-bond donors (Lipinski definition) is 0. The van der Waals surface area contributed by atoms with Gasteiger partial charge in [-0.3, -0.25) is 15.0 Å². The molecule has 1 aromatic rings. The Labute approximate surface area is 129 Å². The second-order valence-electron chi connectivity index (χ2n) is 4.33. The van der Waals surface area contributed by atoms with E-state index in [1.54, 1.807) is 6.92 Å². The van der Waals surface area contributed by atoms with E-state index in [1.807, 2.05) is 13.8 Å². The molecule has 0 saturated carbocycles. The lowest BCUT2D eigenvalue weighted by Gasteiger charge is -2.13. The van der Waals surface area contributed by atoms with Gasteiger partial charge in [0, 0.05) is 0 Å². The van der Waals surface area contributed by atoms with Crippen molar-refractivity contribution in [3.8, 4) is 11.8 Å². The summed E-state index contributed by atoms with van der Waals surface area (Å²) >= 11 is 0. The zero-order chi connectivity index (χ0) is 16.5. The number of carbonyl (C=O) groups is 1. The Hall–Kier alpha value is -2.40. The van der Waals surface area contributed by atoms with Gasteiger partial charge in [0.2, 0.25) is 5.69 Å². The topological polar surface area (TPSA) is 90.5 Å². The maximum absolute atomic E-state index is 11.8. The summed E-state index contributed by atoms with van der Waals surface area (Å²) in [6, 6.07) is 0. The number of aromatic nitrogens is 2. The molecule has 0 radical (unpaired) electrons. The molecule has 8 nitrogen and oxygen atoms in total. The summed E-state index contributed by atoms with van der Waals surface area (Å²) in [6.07, 6.45) is 1.04. The Kier molecular flexibility index (Phi) is 7.05. The summed E-state index contributed by atoms with van der Waals surface area (Å²) in [5, 5.41) is 14.8. The Balaban J connectivity index is 2.89. The second kappa shape index (κ2) is 8.79. The van der Waals surface area contributed by atoms with Gasteiger partial charge in [0.1, 0.15) is 12.7 Å². The molecule has 1 aromatic heterocycles. The lowest BCUT2D eigenvalue weighted by molar-refractivity contribution is -0.385. The highest BCUT2D eigenvalue weighted by atomic mass is 16.6. The van der Waals surface area contributed by atoms with E-state index in [-0.39, 0.29) is 24.5 Å². The van der Waals surface area contributed by atoms with Crippen LogP contribution in [0.4, 0.5) is 5.69 Å². The van der Waals surface area contributed by atoms with Crippen molar-refractivity contribution in [2.45, 2.75) is 27.3 Å². The van der Waals surface area contributed by atoms with Crippen molar-refractivity contribution in [2.75, 3.05) is 26.2 Å². The molecular formula is C14H20N4O4. The second-order valence-corrected chi connectivity index (χ2v) is 4.33. The monoisotopic (exact) mass is 308 g/mol. The zero-order valence-electron chi connectivity index (χ0n) is 13.0. The summed E-state index contributed by atoms with van der Waals surface area (Å²) < 4.78 is 6.04. The average molecular weight is 308 g/mol. The highest BCUT2D eigenvalue weighted by Gasteiger charge is 2.27. The van der Waals surface area contributed by atoms with Crippen LogP contribution in [0.15, 0.2) is 6.20 Å². The Morgan fingerprint density at radius 2 is 2.09 bits per heavy atom. The van der Waals surface area contributed by atoms with Gasteiger partial charge in [-0.25, -0.2) is 9.48 Å². The molecule has 0 unspecified atom stereocenters. The third kappa shape index (κ3) is 4.56. The molecular weight excluding hydrogens is 288 g/mol. The van der Waals surface area contributed by atoms with Gasteiger partial charge in [-0.05, 0) is 20.0 Å². The molecule has 8 heteroatoms. The first kappa shape index (κ1) is 17.7. The molecule has 0 aliphatic heterocycles. The standard InChI is InChI=1S/C14H20N4O4/c1-4-16(5-2)9-7-8-10-17-13(14(19)22-6-3)12(11-15-17)18(20)21/h11H,4-6,9-10H2,1-3H3. The summed E-state index contributed by atoms with van der Waals surface area (Å²) in [4.78, 5) is 24.3. The van der Waals surface area contributed by atoms with Gasteiger partial charge in [-0.1, -0.05) is 25.7 Å². The van der Waals surface area contributed by atoms with Crippen LogP contribution in [-0.2, 0) is 11.3 Å². The Bertz CT molecular complexity index is 581. The molecule has 1 heterocycles. The molecule has 0 bridgehead atoms. The predicted octanol–water partition coefficient (Wildman–Crippen LogP) is 1.31. The Morgan fingerprint density at radius 3 is 2.64 bits per heavy atom. The van der Waals surface area contributed by atoms with Gasteiger partial charge in [0.25, 0.3) is 0 Å². The number of rotatable bonds is 7. The number of ether oxygens (including phenoxy) is 1.